The lowest BCUT2D eigenvalue weighted by Gasteiger charge is -2.24. The third-order valence-electron chi connectivity index (χ3n) is 8.35. The third-order valence-corrected chi connectivity index (χ3v) is 9.57. The smallest absolute Gasteiger partial charge is 0.0971 e. The molecule has 0 saturated heterocycles. The molecule has 3 heteroatoms. The number of hydrogen-bond donors (Lipinski definition) is 0. The van der Waals surface area contributed by atoms with E-state index in [1.807, 2.05) is 29.8 Å². The lowest BCUT2D eigenvalue weighted by atomic mass is 9.80. The average Bonchev–Trinajstić information content (AvgIpc) is 3.42. The van der Waals surface area contributed by atoms with E-state index in [4.69, 9.17) is 9.97 Å². The predicted molar refractivity (Wildman–Crippen MR) is 173 cm³/mol. The van der Waals surface area contributed by atoms with Crippen LogP contribution in [0.25, 0.3) is 86.8 Å². The van der Waals surface area contributed by atoms with Gasteiger partial charge in [-0.1, -0.05) is 97.1 Å². The Morgan fingerprint density at radius 1 is 0.463 bits per heavy atom. The lowest BCUT2D eigenvalue weighted by molar-refractivity contribution is 1.33. The van der Waals surface area contributed by atoms with Crippen molar-refractivity contribution in [3.63, 3.8) is 0 Å². The maximum absolute atomic E-state index is 4.88. The Morgan fingerprint density at radius 2 is 1.15 bits per heavy atom. The van der Waals surface area contributed by atoms with Crippen molar-refractivity contribution >= 4 is 42.5 Å². The number of nitrogens with zero attached hydrogens (tertiary/aromatic N) is 2. The standard InChI is InChI=1S/C38H22N2S/c1-3-11-27-25(9-1)26-10-2-4-12-28(26)33-22-40-34-16-8-20-39-37(34)36(33)30-19-18-23(21-32(27)30)24-14-7-15-31-29-13-5-6-17-35(29)41-38(24)31/h1-22H. The van der Waals surface area contributed by atoms with Gasteiger partial charge in [0, 0.05) is 43.7 Å². The van der Waals surface area contributed by atoms with Gasteiger partial charge >= 0.3 is 0 Å². The van der Waals surface area contributed by atoms with Crippen molar-refractivity contribution in [3.8, 4) is 55.6 Å². The molecule has 5 aromatic carbocycles. The van der Waals surface area contributed by atoms with Crippen molar-refractivity contribution in [2.45, 2.75) is 0 Å². The summed E-state index contributed by atoms with van der Waals surface area (Å²) >= 11 is 1.88. The van der Waals surface area contributed by atoms with Gasteiger partial charge in [-0.05, 0) is 68.8 Å². The van der Waals surface area contributed by atoms with Gasteiger partial charge in [0.25, 0.3) is 0 Å². The number of pyridine rings is 2. The Morgan fingerprint density at radius 3 is 1.98 bits per heavy atom. The molecule has 41 heavy (non-hydrogen) atoms. The third kappa shape index (κ3) is 3.30. The molecule has 0 radical (unpaired) electrons. The van der Waals surface area contributed by atoms with Crippen molar-refractivity contribution in [2.75, 3.05) is 0 Å². The lowest BCUT2D eigenvalue weighted by Crippen LogP contribution is -2.00. The number of rotatable bonds is 1. The van der Waals surface area contributed by atoms with Crippen LogP contribution in [-0.4, -0.2) is 9.97 Å². The van der Waals surface area contributed by atoms with Crippen LogP contribution in [0.3, 0.4) is 0 Å². The summed E-state index contributed by atoms with van der Waals surface area (Å²) in [7, 11) is 0. The summed E-state index contributed by atoms with van der Waals surface area (Å²) in [5.41, 5.74) is 13.8. The van der Waals surface area contributed by atoms with E-state index in [0.717, 1.165) is 22.2 Å². The summed E-state index contributed by atoms with van der Waals surface area (Å²) < 4.78 is 2.65. The number of benzene rings is 5. The van der Waals surface area contributed by atoms with Gasteiger partial charge in [-0.15, -0.1) is 11.3 Å². The zero-order chi connectivity index (χ0) is 26.9. The molecule has 0 saturated carbocycles. The summed E-state index contributed by atoms with van der Waals surface area (Å²) in [6.07, 6.45) is 3.90. The van der Waals surface area contributed by atoms with Crippen LogP contribution in [0.2, 0.25) is 0 Å². The van der Waals surface area contributed by atoms with E-state index in [-0.39, 0.29) is 0 Å². The molecule has 0 aliphatic heterocycles. The summed E-state index contributed by atoms with van der Waals surface area (Å²) in [4.78, 5) is 9.73. The minimum Gasteiger partial charge on any atom is -0.254 e. The van der Waals surface area contributed by atoms with Gasteiger partial charge in [0.2, 0.25) is 0 Å². The van der Waals surface area contributed by atoms with E-state index in [1.165, 1.54) is 64.7 Å². The first-order valence-electron chi connectivity index (χ1n) is 13.8. The number of hydrogen-bond acceptors (Lipinski definition) is 3. The molecule has 190 valence electrons. The second kappa shape index (κ2) is 8.69. The van der Waals surface area contributed by atoms with E-state index in [1.54, 1.807) is 0 Å². The van der Waals surface area contributed by atoms with Crippen molar-refractivity contribution in [1.29, 1.82) is 0 Å². The Balaban J connectivity index is 1.41. The normalized spacial score (nSPS) is 11.9. The Labute approximate surface area is 241 Å². The van der Waals surface area contributed by atoms with Crippen molar-refractivity contribution in [1.82, 2.24) is 9.97 Å². The maximum Gasteiger partial charge on any atom is 0.0971 e. The molecule has 0 bridgehead atoms. The van der Waals surface area contributed by atoms with Crippen molar-refractivity contribution < 1.29 is 0 Å². The fraction of sp³-hybridized carbons (Fsp3) is 0. The SMILES string of the molecule is c1ccc2c(c1)-c1ccccc1-c1cnc3cccnc3c1-c1ccc(-c3cccc4c3sc3ccccc34)cc1-2. The van der Waals surface area contributed by atoms with Gasteiger partial charge < -0.3 is 0 Å². The van der Waals surface area contributed by atoms with Crippen molar-refractivity contribution in [3.05, 3.63) is 134 Å². The highest BCUT2D eigenvalue weighted by atomic mass is 32.1. The molecule has 0 amide bonds. The van der Waals surface area contributed by atoms with Crippen LogP contribution < -0.4 is 0 Å². The fourth-order valence-corrected chi connectivity index (χ4v) is 7.77. The molecular weight excluding hydrogens is 516 g/mol. The highest BCUT2D eigenvalue weighted by Gasteiger charge is 2.25. The van der Waals surface area contributed by atoms with Crippen LogP contribution in [0, 0.1) is 0 Å². The first-order valence-corrected chi connectivity index (χ1v) is 14.6. The quantitative estimate of drug-likeness (QED) is 0.208. The molecule has 1 aliphatic rings. The predicted octanol–water partition coefficient (Wildman–Crippen LogP) is 10.6. The molecule has 0 unspecified atom stereocenters. The van der Waals surface area contributed by atoms with Crippen molar-refractivity contribution in [2.24, 2.45) is 0 Å². The van der Waals surface area contributed by atoms with E-state index >= 15 is 0 Å². The summed E-state index contributed by atoms with van der Waals surface area (Å²) in [6, 6.07) is 43.9. The molecule has 0 atom stereocenters. The molecule has 9 rings (SSSR count). The van der Waals surface area contributed by atoms with Gasteiger partial charge in [-0.25, -0.2) is 0 Å². The zero-order valence-electron chi connectivity index (χ0n) is 22.0. The zero-order valence-corrected chi connectivity index (χ0v) is 22.8. The highest BCUT2D eigenvalue weighted by Crippen LogP contribution is 2.50. The molecular formula is C38H22N2S. The Kier molecular flexibility index (Phi) is 4.80. The van der Waals surface area contributed by atoms with Gasteiger partial charge in [-0.3, -0.25) is 9.97 Å². The summed E-state index contributed by atoms with van der Waals surface area (Å²) in [5, 5.41) is 2.64. The molecule has 3 heterocycles. The molecule has 0 spiro atoms. The van der Waals surface area contributed by atoms with Gasteiger partial charge in [-0.2, -0.15) is 0 Å². The van der Waals surface area contributed by atoms with Crippen LogP contribution in [0.15, 0.2) is 134 Å². The van der Waals surface area contributed by atoms with Crippen LogP contribution in [0.5, 0.6) is 0 Å². The first kappa shape index (κ1) is 22.7. The van der Waals surface area contributed by atoms with E-state index in [9.17, 15) is 0 Å². The number of aromatic nitrogens is 2. The molecule has 2 nitrogen and oxygen atoms in total. The molecule has 0 N–H and O–H groups in total. The van der Waals surface area contributed by atoms with Gasteiger partial charge in [0.05, 0.1) is 11.0 Å². The first-order chi connectivity index (χ1) is 20.3. The van der Waals surface area contributed by atoms with Gasteiger partial charge in [0.15, 0.2) is 0 Å². The molecule has 3 aromatic heterocycles. The van der Waals surface area contributed by atoms with Crippen LogP contribution >= 0.6 is 11.3 Å². The van der Waals surface area contributed by atoms with Crippen LogP contribution in [-0.2, 0) is 0 Å². The van der Waals surface area contributed by atoms with Crippen LogP contribution in [0.4, 0.5) is 0 Å². The topological polar surface area (TPSA) is 25.8 Å². The molecule has 0 fully saturated rings. The number of thiophene rings is 1. The molecule has 1 aliphatic carbocycles. The average molecular weight is 539 g/mol. The maximum atomic E-state index is 4.88. The molecule has 8 aromatic rings. The van der Waals surface area contributed by atoms with E-state index in [2.05, 4.69) is 115 Å². The summed E-state index contributed by atoms with van der Waals surface area (Å²) in [5.74, 6) is 0. The minimum absolute atomic E-state index is 0.905. The number of fused-ring (bicyclic) bond motifs is 13. The monoisotopic (exact) mass is 538 g/mol. The van der Waals surface area contributed by atoms with E-state index in [0.29, 0.717) is 0 Å². The second-order valence-electron chi connectivity index (χ2n) is 10.6. The van der Waals surface area contributed by atoms with E-state index < -0.39 is 0 Å². The minimum atomic E-state index is 0.905. The fourth-order valence-electron chi connectivity index (χ4n) is 6.53. The Bertz CT molecular complexity index is 2330. The Hall–Kier alpha value is -5.12. The largest absolute Gasteiger partial charge is 0.254 e. The summed E-state index contributed by atoms with van der Waals surface area (Å²) in [6.45, 7) is 0. The van der Waals surface area contributed by atoms with Gasteiger partial charge in [0.1, 0.15) is 0 Å². The highest BCUT2D eigenvalue weighted by molar-refractivity contribution is 7.26. The second-order valence-corrected chi connectivity index (χ2v) is 11.6. The van der Waals surface area contributed by atoms with Crippen LogP contribution in [0.1, 0.15) is 0 Å².